The number of rotatable bonds is 1. The van der Waals surface area contributed by atoms with E-state index in [0.29, 0.717) is 17.3 Å². The minimum atomic E-state index is -0.0154. The van der Waals surface area contributed by atoms with Gasteiger partial charge in [0.1, 0.15) is 0 Å². The van der Waals surface area contributed by atoms with Crippen molar-refractivity contribution in [3.05, 3.63) is 0 Å². The van der Waals surface area contributed by atoms with Gasteiger partial charge in [0.2, 0.25) is 0 Å². The summed E-state index contributed by atoms with van der Waals surface area (Å²) in [5.41, 5.74) is 0.548. The van der Waals surface area contributed by atoms with Crippen molar-refractivity contribution in [2.75, 3.05) is 0 Å². The Kier molecular flexibility index (Phi) is 3.05. The first-order valence-corrected chi connectivity index (χ1v) is 8.11. The van der Waals surface area contributed by atoms with E-state index in [1.165, 1.54) is 32.1 Å². The van der Waals surface area contributed by atoms with Crippen molar-refractivity contribution in [1.29, 1.82) is 0 Å². The maximum Gasteiger partial charge on any atom is 0.0596 e. The average Bonchev–Trinajstić information content (AvgIpc) is 2.83. The van der Waals surface area contributed by atoms with E-state index in [2.05, 4.69) is 27.7 Å². The first-order valence-electron chi connectivity index (χ1n) is 8.11. The summed E-state index contributed by atoms with van der Waals surface area (Å²) < 4.78 is 0. The molecule has 0 amide bonds. The molecule has 3 saturated carbocycles. The van der Waals surface area contributed by atoms with E-state index in [0.717, 1.165) is 23.7 Å². The lowest BCUT2D eigenvalue weighted by molar-refractivity contribution is -0.0365. The van der Waals surface area contributed by atoms with Crippen LogP contribution in [0.5, 0.6) is 0 Å². The molecule has 0 spiro atoms. The quantitative estimate of drug-likeness (QED) is 0.743. The van der Waals surface area contributed by atoms with Crippen LogP contribution in [-0.4, -0.2) is 11.2 Å². The molecule has 0 aromatic carbocycles. The van der Waals surface area contributed by atoms with Gasteiger partial charge in [-0.1, -0.05) is 34.1 Å². The van der Waals surface area contributed by atoms with Crippen LogP contribution in [0, 0.1) is 40.9 Å². The molecule has 0 unspecified atom stereocenters. The van der Waals surface area contributed by atoms with Crippen LogP contribution in [0.4, 0.5) is 0 Å². The molecule has 1 nitrogen and oxygen atoms in total. The van der Waals surface area contributed by atoms with E-state index >= 15 is 0 Å². The highest BCUT2D eigenvalue weighted by Crippen LogP contribution is 2.64. The van der Waals surface area contributed by atoms with Gasteiger partial charge in [-0.15, -0.1) is 0 Å². The predicted molar refractivity (Wildman–Crippen MR) is 75.2 cm³/mol. The van der Waals surface area contributed by atoms with Gasteiger partial charge in [-0.3, -0.25) is 0 Å². The number of aliphatic hydroxyl groups is 1. The number of hydrogen-bond donors (Lipinski definition) is 1. The fraction of sp³-hybridized carbons (Fsp3) is 1.00. The molecule has 0 aromatic rings. The minimum Gasteiger partial charge on any atom is -0.393 e. The molecule has 1 heteroatoms. The molecule has 18 heavy (non-hydrogen) atoms. The molecular formula is C17H30O. The van der Waals surface area contributed by atoms with Crippen LogP contribution in [0.15, 0.2) is 0 Å². The molecule has 7 atom stereocenters. The summed E-state index contributed by atoms with van der Waals surface area (Å²) in [6.45, 7) is 9.66. The summed E-state index contributed by atoms with van der Waals surface area (Å²) in [5.74, 6) is 4.65. The van der Waals surface area contributed by atoms with Crippen molar-refractivity contribution in [1.82, 2.24) is 0 Å². The number of aliphatic hydroxyl groups excluding tert-OH is 1. The van der Waals surface area contributed by atoms with Crippen LogP contribution < -0.4 is 0 Å². The zero-order valence-electron chi connectivity index (χ0n) is 12.5. The zero-order chi connectivity index (χ0) is 13.1. The Hall–Kier alpha value is -0.0400. The van der Waals surface area contributed by atoms with Crippen LogP contribution in [-0.2, 0) is 0 Å². The molecule has 0 radical (unpaired) electrons. The molecule has 3 aliphatic carbocycles. The molecule has 3 rings (SSSR count). The Morgan fingerprint density at radius 2 is 1.61 bits per heavy atom. The van der Waals surface area contributed by atoms with Gasteiger partial charge in [-0.05, 0) is 66.6 Å². The van der Waals surface area contributed by atoms with E-state index in [-0.39, 0.29) is 6.10 Å². The van der Waals surface area contributed by atoms with Gasteiger partial charge in [0.25, 0.3) is 0 Å². The van der Waals surface area contributed by atoms with Gasteiger partial charge in [-0.25, -0.2) is 0 Å². The topological polar surface area (TPSA) is 20.2 Å². The monoisotopic (exact) mass is 250 g/mol. The minimum absolute atomic E-state index is 0.0154. The Balaban J connectivity index is 1.76. The Labute approximate surface area is 112 Å². The molecule has 0 aromatic heterocycles. The first kappa shape index (κ1) is 13.0. The number of fused-ring (bicyclic) bond motifs is 2. The van der Waals surface area contributed by atoms with Crippen molar-refractivity contribution in [2.45, 2.75) is 65.9 Å². The third-order valence-corrected chi connectivity index (χ3v) is 7.30. The standard InChI is InChI=1S/C17H30O/c1-10-6-5-7-13(16(10)18)15-9-12-8-14(15)11(2)17(12,3)4/h10-16,18H,5-9H2,1-4H3/t10-,11-,12+,13-,14-,15+,16+/m0/s1. The summed E-state index contributed by atoms with van der Waals surface area (Å²) >= 11 is 0. The molecule has 3 aliphatic rings. The molecule has 2 bridgehead atoms. The largest absolute Gasteiger partial charge is 0.393 e. The second kappa shape index (κ2) is 4.23. The highest BCUT2D eigenvalue weighted by molar-refractivity contribution is 5.06. The lowest BCUT2D eigenvalue weighted by atomic mass is 9.60. The molecule has 104 valence electrons. The maximum absolute atomic E-state index is 10.5. The Morgan fingerprint density at radius 3 is 2.22 bits per heavy atom. The van der Waals surface area contributed by atoms with Crippen LogP contribution in [0.25, 0.3) is 0 Å². The summed E-state index contributed by atoms with van der Waals surface area (Å²) in [5, 5.41) is 10.5. The van der Waals surface area contributed by atoms with Crippen LogP contribution >= 0.6 is 0 Å². The maximum atomic E-state index is 10.5. The average molecular weight is 250 g/mol. The summed E-state index contributed by atoms with van der Waals surface area (Å²) in [4.78, 5) is 0. The fourth-order valence-corrected chi connectivity index (χ4v) is 5.61. The molecule has 0 heterocycles. The summed E-state index contributed by atoms with van der Waals surface area (Å²) in [6, 6.07) is 0. The van der Waals surface area contributed by atoms with Gasteiger partial charge in [0.15, 0.2) is 0 Å². The highest BCUT2D eigenvalue weighted by Gasteiger charge is 2.57. The second-order valence-electron chi connectivity index (χ2n) is 8.17. The summed E-state index contributed by atoms with van der Waals surface area (Å²) in [7, 11) is 0. The summed E-state index contributed by atoms with van der Waals surface area (Å²) in [6.07, 6.45) is 6.69. The molecule has 0 aliphatic heterocycles. The SMILES string of the molecule is C[C@H]1CCC[C@@H]([C@H]2C[C@H]3C[C@H]2[C@H](C)C3(C)C)[C@@H]1O. The predicted octanol–water partition coefficient (Wildman–Crippen LogP) is 4.10. The zero-order valence-corrected chi connectivity index (χ0v) is 12.5. The highest BCUT2D eigenvalue weighted by atomic mass is 16.3. The fourth-order valence-electron chi connectivity index (χ4n) is 5.61. The smallest absolute Gasteiger partial charge is 0.0596 e. The van der Waals surface area contributed by atoms with E-state index in [9.17, 15) is 5.11 Å². The molecule has 0 saturated heterocycles. The first-order chi connectivity index (χ1) is 8.43. The lowest BCUT2D eigenvalue weighted by Crippen LogP contribution is -2.42. The molecule has 3 fully saturated rings. The van der Waals surface area contributed by atoms with Gasteiger partial charge < -0.3 is 5.11 Å². The van der Waals surface area contributed by atoms with Crippen molar-refractivity contribution in [3.8, 4) is 0 Å². The molecule has 1 N–H and O–H groups in total. The van der Waals surface area contributed by atoms with Crippen LogP contribution in [0.2, 0.25) is 0 Å². The van der Waals surface area contributed by atoms with Crippen molar-refractivity contribution >= 4 is 0 Å². The van der Waals surface area contributed by atoms with Gasteiger partial charge in [0, 0.05) is 0 Å². The number of hydrogen-bond acceptors (Lipinski definition) is 1. The second-order valence-corrected chi connectivity index (χ2v) is 8.17. The van der Waals surface area contributed by atoms with Crippen molar-refractivity contribution in [2.24, 2.45) is 40.9 Å². The van der Waals surface area contributed by atoms with E-state index in [4.69, 9.17) is 0 Å². The van der Waals surface area contributed by atoms with Gasteiger partial charge in [0.05, 0.1) is 6.10 Å². The normalized spacial score (nSPS) is 54.8. The van der Waals surface area contributed by atoms with Crippen molar-refractivity contribution in [3.63, 3.8) is 0 Å². The Bertz CT molecular complexity index is 318. The van der Waals surface area contributed by atoms with Gasteiger partial charge in [-0.2, -0.15) is 0 Å². The third kappa shape index (κ3) is 1.69. The van der Waals surface area contributed by atoms with E-state index < -0.39 is 0 Å². The van der Waals surface area contributed by atoms with E-state index in [1.807, 2.05) is 0 Å². The molecular weight excluding hydrogens is 220 g/mol. The lowest BCUT2D eigenvalue weighted by Gasteiger charge is -2.46. The Morgan fingerprint density at radius 1 is 0.944 bits per heavy atom. The van der Waals surface area contributed by atoms with E-state index in [1.54, 1.807) is 0 Å². The van der Waals surface area contributed by atoms with Gasteiger partial charge >= 0.3 is 0 Å². The van der Waals surface area contributed by atoms with Crippen molar-refractivity contribution < 1.29 is 5.11 Å². The van der Waals surface area contributed by atoms with Crippen LogP contribution in [0.1, 0.15) is 59.8 Å². The third-order valence-electron chi connectivity index (χ3n) is 7.30. The van der Waals surface area contributed by atoms with Crippen LogP contribution in [0.3, 0.4) is 0 Å².